The molecule has 17 heavy (non-hydrogen) atoms. The van der Waals surface area contributed by atoms with Gasteiger partial charge in [0.1, 0.15) is 5.82 Å². The summed E-state index contributed by atoms with van der Waals surface area (Å²) in [5.74, 6) is -3.98. The molecule has 6 heteroatoms. The third kappa shape index (κ3) is 2.58. The second-order valence-electron chi connectivity index (χ2n) is 3.89. The molecule has 1 aliphatic rings. The zero-order valence-electron chi connectivity index (χ0n) is 8.90. The molecule has 92 valence electrons. The van der Waals surface area contributed by atoms with Gasteiger partial charge >= 0.3 is 0 Å². The fraction of sp³-hybridized carbons (Fsp3) is 0.364. The van der Waals surface area contributed by atoms with Crippen LogP contribution in [0.2, 0.25) is 0 Å². The largest absolute Gasteiger partial charge is 0.322 e. The van der Waals surface area contributed by atoms with Gasteiger partial charge < -0.3 is 10.6 Å². The number of rotatable bonds is 2. The fourth-order valence-electron chi connectivity index (χ4n) is 1.78. The summed E-state index contributed by atoms with van der Waals surface area (Å²) in [5.41, 5.74) is -0.471. The average Bonchev–Trinajstić information content (AvgIpc) is 2.78. The lowest BCUT2D eigenvalue weighted by Gasteiger charge is -2.11. The minimum absolute atomic E-state index is 0.429. The first-order chi connectivity index (χ1) is 8.08. The maximum atomic E-state index is 13.3. The SMILES string of the molecule is O=C(Nc1cc(F)cc(F)c1F)C1CCCN1. The summed E-state index contributed by atoms with van der Waals surface area (Å²) in [6.45, 7) is 0.706. The zero-order chi connectivity index (χ0) is 12.4. The van der Waals surface area contributed by atoms with E-state index in [1.807, 2.05) is 0 Å². The first kappa shape index (κ1) is 11.9. The number of hydrogen-bond acceptors (Lipinski definition) is 2. The van der Waals surface area contributed by atoms with Gasteiger partial charge in [-0.05, 0) is 19.4 Å². The molecule has 3 nitrogen and oxygen atoms in total. The number of hydrogen-bond donors (Lipinski definition) is 2. The van der Waals surface area contributed by atoms with Gasteiger partial charge in [-0.25, -0.2) is 13.2 Å². The smallest absolute Gasteiger partial charge is 0.241 e. The molecule has 0 spiro atoms. The molecule has 0 aromatic heterocycles. The summed E-state index contributed by atoms with van der Waals surface area (Å²) >= 11 is 0. The van der Waals surface area contributed by atoms with Gasteiger partial charge in [0.15, 0.2) is 11.6 Å². The van der Waals surface area contributed by atoms with Gasteiger partial charge in [0, 0.05) is 12.1 Å². The van der Waals surface area contributed by atoms with E-state index in [0.29, 0.717) is 19.0 Å². The Morgan fingerprint density at radius 3 is 2.76 bits per heavy atom. The predicted octanol–water partition coefficient (Wildman–Crippen LogP) is 1.79. The Hall–Kier alpha value is -1.56. The summed E-state index contributed by atoms with van der Waals surface area (Å²) in [6, 6.07) is 0.755. The average molecular weight is 244 g/mol. The minimum Gasteiger partial charge on any atom is -0.322 e. The maximum Gasteiger partial charge on any atom is 0.241 e. The molecule has 1 aliphatic heterocycles. The molecule has 1 fully saturated rings. The van der Waals surface area contributed by atoms with Crippen LogP contribution in [0.15, 0.2) is 12.1 Å². The number of carbonyl (C=O) groups is 1. The molecule has 1 atom stereocenters. The van der Waals surface area contributed by atoms with E-state index in [2.05, 4.69) is 10.6 Å². The molecule has 1 aromatic rings. The number of nitrogens with one attached hydrogen (secondary N) is 2. The van der Waals surface area contributed by atoms with E-state index in [9.17, 15) is 18.0 Å². The van der Waals surface area contributed by atoms with Gasteiger partial charge in [0.25, 0.3) is 0 Å². The number of anilines is 1. The topological polar surface area (TPSA) is 41.1 Å². The number of amides is 1. The lowest BCUT2D eigenvalue weighted by molar-refractivity contribution is -0.117. The van der Waals surface area contributed by atoms with Gasteiger partial charge in [-0.2, -0.15) is 0 Å². The van der Waals surface area contributed by atoms with Crippen LogP contribution in [0.25, 0.3) is 0 Å². The van der Waals surface area contributed by atoms with Crippen LogP contribution in [0.4, 0.5) is 18.9 Å². The van der Waals surface area contributed by atoms with E-state index in [0.717, 1.165) is 12.5 Å². The highest BCUT2D eigenvalue weighted by molar-refractivity contribution is 5.95. The van der Waals surface area contributed by atoms with Crippen molar-refractivity contribution < 1.29 is 18.0 Å². The van der Waals surface area contributed by atoms with Crippen molar-refractivity contribution in [3.8, 4) is 0 Å². The number of benzene rings is 1. The van der Waals surface area contributed by atoms with E-state index in [-0.39, 0.29) is 0 Å². The summed E-state index contributed by atoms with van der Waals surface area (Å²) in [7, 11) is 0. The van der Waals surface area contributed by atoms with E-state index < -0.39 is 35.1 Å². The van der Waals surface area contributed by atoms with Crippen molar-refractivity contribution in [2.45, 2.75) is 18.9 Å². The molecular weight excluding hydrogens is 233 g/mol. The maximum absolute atomic E-state index is 13.3. The quantitative estimate of drug-likeness (QED) is 0.779. The molecule has 1 amide bonds. The highest BCUT2D eigenvalue weighted by Gasteiger charge is 2.23. The molecule has 0 bridgehead atoms. The number of carbonyl (C=O) groups excluding carboxylic acids is 1. The fourth-order valence-corrected chi connectivity index (χ4v) is 1.78. The van der Waals surface area contributed by atoms with Crippen LogP contribution in [-0.2, 0) is 4.79 Å². The molecule has 0 aliphatic carbocycles. The van der Waals surface area contributed by atoms with Crippen LogP contribution in [0.1, 0.15) is 12.8 Å². The lowest BCUT2D eigenvalue weighted by atomic mass is 10.2. The molecule has 0 saturated carbocycles. The standard InChI is InChI=1S/C11H11F3N2O/c12-6-4-7(13)10(14)9(5-6)16-11(17)8-2-1-3-15-8/h4-5,8,15H,1-3H2,(H,16,17). The minimum atomic E-state index is -1.32. The van der Waals surface area contributed by atoms with Crippen molar-refractivity contribution in [1.29, 1.82) is 0 Å². The molecule has 1 unspecified atom stereocenters. The third-order valence-electron chi connectivity index (χ3n) is 2.63. The van der Waals surface area contributed by atoms with Crippen LogP contribution < -0.4 is 10.6 Å². The molecule has 2 rings (SSSR count). The lowest BCUT2D eigenvalue weighted by Crippen LogP contribution is -2.35. The van der Waals surface area contributed by atoms with Crippen molar-refractivity contribution in [2.75, 3.05) is 11.9 Å². The van der Waals surface area contributed by atoms with Crippen LogP contribution in [0.3, 0.4) is 0 Å². The Balaban J connectivity index is 2.15. The summed E-state index contributed by atoms with van der Waals surface area (Å²) in [4.78, 5) is 11.6. The molecular formula is C11H11F3N2O. The molecule has 1 aromatic carbocycles. The van der Waals surface area contributed by atoms with Crippen LogP contribution in [-0.4, -0.2) is 18.5 Å². The van der Waals surface area contributed by atoms with Gasteiger partial charge in [0.2, 0.25) is 5.91 Å². The Labute approximate surface area is 96.0 Å². The Bertz CT molecular complexity index is 445. The van der Waals surface area contributed by atoms with Crippen molar-refractivity contribution >= 4 is 11.6 Å². The van der Waals surface area contributed by atoms with E-state index in [1.165, 1.54) is 0 Å². The monoisotopic (exact) mass is 244 g/mol. The molecule has 2 N–H and O–H groups in total. The van der Waals surface area contributed by atoms with Crippen molar-refractivity contribution in [3.05, 3.63) is 29.6 Å². The van der Waals surface area contributed by atoms with Gasteiger partial charge in [-0.1, -0.05) is 0 Å². The molecule has 1 heterocycles. The number of halogens is 3. The van der Waals surface area contributed by atoms with E-state index in [4.69, 9.17) is 0 Å². The highest BCUT2D eigenvalue weighted by Crippen LogP contribution is 2.20. The second kappa shape index (κ2) is 4.75. The summed E-state index contributed by atoms with van der Waals surface area (Å²) in [5, 5.41) is 5.08. The summed E-state index contributed by atoms with van der Waals surface area (Å²) < 4.78 is 39.0. The van der Waals surface area contributed by atoms with Gasteiger partial charge in [0.05, 0.1) is 11.7 Å². The van der Waals surface area contributed by atoms with Gasteiger partial charge in [-0.3, -0.25) is 4.79 Å². The van der Waals surface area contributed by atoms with E-state index >= 15 is 0 Å². The highest BCUT2D eigenvalue weighted by atomic mass is 19.2. The van der Waals surface area contributed by atoms with Crippen molar-refractivity contribution in [2.24, 2.45) is 0 Å². The van der Waals surface area contributed by atoms with E-state index in [1.54, 1.807) is 0 Å². The Kier molecular flexibility index (Phi) is 3.33. The normalized spacial score (nSPS) is 19.4. The molecule has 1 saturated heterocycles. The van der Waals surface area contributed by atoms with Crippen LogP contribution >= 0.6 is 0 Å². The van der Waals surface area contributed by atoms with Crippen LogP contribution in [0.5, 0.6) is 0 Å². The third-order valence-corrected chi connectivity index (χ3v) is 2.63. The zero-order valence-corrected chi connectivity index (χ0v) is 8.90. The summed E-state index contributed by atoms with van der Waals surface area (Å²) in [6.07, 6.45) is 1.48. The Morgan fingerprint density at radius 1 is 1.35 bits per heavy atom. The first-order valence-corrected chi connectivity index (χ1v) is 5.26. The second-order valence-corrected chi connectivity index (χ2v) is 3.89. The molecule has 0 radical (unpaired) electrons. The van der Waals surface area contributed by atoms with Crippen molar-refractivity contribution in [3.63, 3.8) is 0 Å². The Morgan fingerprint density at radius 2 is 2.12 bits per heavy atom. The predicted molar refractivity (Wildman–Crippen MR) is 56.0 cm³/mol. The van der Waals surface area contributed by atoms with Crippen molar-refractivity contribution in [1.82, 2.24) is 5.32 Å². The first-order valence-electron chi connectivity index (χ1n) is 5.26. The van der Waals surface area contributed by atoms with Gasteiger partial charge in [-0.15, -0.1) is 0 Å². The van der Waals surface area contributed by atoms with Crippen LogP contribution in [0, 0.1) is 17.5 Å².